The van der Waals surface area contributed by atoms with Gasteiger partial charge in [0.2, 0.25) is 5.95 Å². The van der Waals surface area contributed by atoms with E-state index >= 15 is 0 Å². The van der Waals surface area contributed by atoms with Crippen LogP contribution in [0.25, 0.3) is 0 Å². The average molecular weight is 609 g/mol. The second-order valence-corrected chi connectivity index (χ2v) is 11.5. The van der Waals surface area contributed by atoms with Crippen molar-refractivity contribution in [2.45, 2.75) is 43.4 Å². The van der Waals surface area contributed by atoms with Gasteiger partial charge in [0.15, 0.2) is 5.82 Å². The molecule has 10 heteroatoms. The van der Waals surface area contributed by atoms with Crippen molar-refractivity contribution in [2.24, 2.45) is 0 Å². The van der Waals surface area contributed by atoms with E-state index in [0.717, 1.165) is 48.8 Å². The van der Waals surface area contributed by atoms with Gasteiger partial charge in [0, 0.05) is 35.7 Å². The Morgan fingerprint density at radius 3 is 2.38 bits per heavy atom. The van der Waals surface area contributed by atoms with Gasteiger partial charge in [0.05, 0.1) is 38.2 Å². The van der Waals surface area contributed by atoms with Crippen LogP contribution in [0.5, 0.6) is 17.2 Å². The second-order valence-electron chi connectivity index (χ2n) is 10.0. The second kappa shape index (κ2) is 14.1. The van der Waals surface area contributed by atoms with Gasteiger partial charge in [-0.3, -0.25) is 9.21 Å². The third-order valence-electron chi connectivity index (χ3n) is 7.36. The summed E-state index contributed by atoms with van der Waals surface area (Å²) in [6.45, 7) is 4.58. The Kier molecular flexibility index (Phi) is 10.0. The molecular formula is C32H34ClFN4O3S. The Labute approximate surface area is 255 Å². The van der Waals surface area contributed by atoms with E-state index in [2.05, 4.69) is 52.1 Å². The summed E-state index contributed by atoms with van der Waals surface area (Å²) in [5.74, 6) is 1.86. The lowest BCUT2D eigenvalue weighted by molar-refractivity contribution is 0.0797. The monoisotopic (exact) mass is 608 g/mol. The lowest BCUT2D eigenvalue weighted by Crippen LogP contribution is -2.39. The number of nitrogens with zero attached hydrogens (tertiary/aromatic N) is 4. The standard InChI is InChI=1S/C32H34ClFN4O3S/c1-22(23-7-5-4-6-8-23)37-15-13-26(14-16-37)41-30-12-11-28(18-29(30)33)42-38(32-35-19-25(34)20-36-32)21-24-9-10-27(39-2)17-31(24)40-3/h4-12,17-20,22,26H,13-16,21H2,1-3H3. The van der Waals surface area contributed by atoms with Crippen LogP contribution in [0, 0.1) is 5.82 Å². The van der Waals surface area contributed by atoms with Gasteiger partial charge in [0.25, 0.3) is 0 Å². The van der Waals surface area contributed by atoms with Gasteiger partial charge in [-0.05, 0) is 67.6 Å². The van der Waals surface area contributed by atoms with Crippen LogP contribution >= 0.6 is 23.5 Å². The zero-order valence-corrected chi connectivity index (χ0v) is 25.4. The number of piperidine rings is 1. The third-order valence-corrected chi connectivity index (χ3v) is 8.63. The number of aromatic nitrogens is 2. The Morgan fingerprint density at radius 2 is 1.71 bits per heavy atom. The SMILES string of the molecule is COc1ccc(CN(Sc2ccc(OC3CCN(C(C)c4ccccc4)CC3)c(Cl)c2)c2ncc(F)cn2)c(OC)c1. The minimum atomic E-state index is -0.504. The normalized spacial score (nSPS) is 14.8. The van der Waals surface area contributed by atoms with E-state index in [4.69, 9.17) is 25.8 Å². The van der Waals surface area contributed by atoms with E-state index in [0.29, 0.717) is 40.8 Å². The van der Waals surface area contributed by atoms with E-state index in [1.807, 2.05) is 40.7 Å². The minimum absolute atomic E-state index is 0.104. The van der Waals surface area contributed by atoms with E-state index in [1.165, 1.54) is 17.5 Å². The topological polar surface area (TPSA) is 60.0 Å². The van der Waals surface area contributed by atoms with Crippen LogP contribution in [0.2, 0.25) is 5.02 Å². The number of hydrogen-bond donors (Lipinski definition) is 0. The maximum absolute atomic E-state index is 13.6. The highest BCUT2D eigenvalue weighted by molar-refractivity contribution is 8.00. The maximum Gasteiger partial charge on any atom is 0.236 e. The molecule has 42 heavy (non-hydrogen) atoms. The summed E-state index contributed by atoms with van der Waals surface area (Å²) in [6.07, 6.45) is 4.27. The summed E-state index contributed by atoms with van der Waals surface area (Å²) in [7, 11) is 3.21. The molecule has 1 unspecified atom stereocenters. The minimum Gasteiger partial charge on any atom is -0.497 e. The summed E-state index contributed by atoms with van der Waals surface area (Å²) in [6, 6.07) is 22.3. The highest BCUT2D eigenvalue weighted by Gasteiger charge is 2.25. The molecule has 5 rings (SSSR count). The first kappa shape index (κ1) is 29.9. The van der Waals surface area contributed by atoms with Crippen molar-refractivity contribution >= 4 is 29.5 Å². The third kappa shape index (κ3) is 7.45. The average Bonchev–Trinajstić information content (AvgIpc) is 3.03. The summed E-state index contributed by atoms with van der Waals surface area (Å²) in [5.41, 5.74) is 2.22. The Hall–Kier alpha value is -3.53. The van der Waals surface area contributed by atoms with Gasteiger partial charge in [-0.15, -0.1) is 0 Å². The molecule has 1 fully saturated rings. The zero-order valence-electron chi connectivity index (χ0n) is 23.9. The molecule has 1 saturated heterocycles. The molecule has 0 N–H and O–H groups in total. The number of rotatable bonds is 11. The van der Waals surface area contributed by atoms with E-state index < -0.39 is 5.82 Å². The molecule has 220 valence electrons. The highest BCUT2D eigenvalue weighted by Crippen LogP contribution is 2.37. The summed E-state index contributed by atoms with van der Waals surface area (Å²) >= 11 is 8.11. The molecule has 0 spiro atoms. The van der Waals surface area contributed by atoms with Crippen molar-refractivity contribution in [3.8, 4) is 17.2 Å². The molecule has 0 bridgehead atoms. The predicted octanol–water partition coefficient (Wildman–Crippen LogP) is 7.60. The smallest absolute Gasteiger partial charge is 0.236 e. The lowest BCUT2D eigenvalue weighted by atomic mass is 10.0. The largest absolute Gasteiger partial charge is 0.497 e. The van der Waals surface area contributed by atoms with Gasteiger partial charge in [-0.1, -0.05) is 41.9 Å². The van der Waals surface area contributed by atoms with Gasteiger partial charge < -0.3 is 14.2 Å². The molecule has 3 aromatic carbocycles. The van der Waals surface area contributed by atoms with Crippen molar-refractivity contribution in [1.29, 1.82) is 0 Å². The lowest BCUT2D eigenvalue weighted by Gasteiger charge is -2.36. The fourth-order valence-electron chi connectivity index (χ4n) is 4.98. The molecule has 0 amide bonds. The quantitative estimate of drug-likeness (QED) is 0.161. The summed E-state index contributed by atoms with van der Waals surface area (Å²) in [4.78, 5) is 11.8. The summed E-state index contributed by atoms with van der Waals surface area (Å²) < 4.78 is 32.7. The number of anilines is 1. The number of halogens is 2. The Morgan fingerprint density at radius 1 is 0.976 bits per heavy atom. The van der Waals surface area contributed by atoms with Crippen LogP contribution in [0.4, 0.5) is 10.3 Å². The molecule has 1 aromatic heterocycles. The van der Waals surface area contributed by atoms with Gasteiger partial charge in [-0.25, -0.2) is 14.4 Å². The molecule has 0 aliphatic carbocycles. The van der Waals surface area contributed by atoms with Crippen LogP contribution < -0.4 is 18.5 Å². The highest BCUT2D eigenvalue weighted by atomic mass is 35.5. The van der Waals surface area contributed by atoms with E-state index in [-0.39, 0.29) is 6.10 Å². The molecular weight excluding hydrogens is 575 g/mol. The van der Waals surface area contributed by atoms with Gasteiger partial charge >= 0.3 is 0 Å². The predicted molar refractivity (Wildman–Crippen MR) is 165 cm³/mol. The summed E-state index contributed by atoms with van der Waals surface area (Å²) in [5, 5.41) is 0.530. The first-order valence-electron chi connectivity index (χ1n) is 13.8. The first-order chi connectivity index (χ1) is 20.4. The number of benzene rings is 3. The fourth-order valence-corrected chi connectivity index (χ4v) is 6.20. The van der Waals surface area contributed by atoms with Crippen LogP contribution in [0.15, 0.2) is 84.0 Å². The Bertz CT molecular complexity index is 1460. The molecule has 2 heterocycles. The fraction of sp³-hybridized carbons (Fsp3) is 0.312. The number of hydrogen-bond acceptors (Lipinski definition) is 8. The molecule has 7 nitrogen and oxygen atoms in total. The van der Waals surface area contributed by atoms with Crippen LogP contribution in [-0.2, 0) is 6.54 Å². The molecule has 1 aliphatic heterocycles. The van der Waals surface area contributed by atoms with Gasteiger partial charge in [0.1, 0.15) is 23.4 Å². The zero-order chi connectivity index (χ0) is 29.5. The number of methoxy groups -OCH3 is 2. The molecule has 4 aromatic rings. The number of likely N-dealkylation sites (tertiary alicyclic amines) is 1. The van der Waals surface area contributed by atoms with Crippen molar-refractivity contribution in [1.82, 2.24) is 14.9 Å². The molecule has 0 saturated carbocycles. The van der Waals surface area contributed by atoms with Crippen LogP contribution in [0.3, 0.4) is 0 Å². The van der Waals surface area contributed by atoms with Crippen molar-refractivity contribution in [2.75, 3.05) is 31.6 Å². The first-order valence-corrected chi connectivity index (χ1v) is 15.0. The van der Waals surface area contributed by atoms with Crippen LogP contribution in [-0.4, -0.2) is 48.3 Å². The van der Waals surface area contributed by atoms with Crippen molar-refractivity contribution in [3.63, 3.8) is 0 Å². The van der Waals surface area contributed by atoms with Crippen molar-refractivity contribution in [3.05, 3.63) is 101 Å². The Balaban J connectivity index is 1.26. The molecule has 1 aliphatic rings. The molecule has 1 atom stereocenters. The number of ether oxygens (including phenoxy) is 3. The maximum atomic E-state index is 13.6. The van der Waals surface area contributed by atoms with Crippen molar-refractivity contribution < 1.29 is 18.6 Å². The molecule has 0 radical (unpaired) electrons. The van der Waals surface area contributed by atoms with Crippen LogP contribution in [0.1, 0.15) is 36.9 Å². The van der Waals surface area contributed by atoms with E-state index in [9.17, 15) is 4.39 Å². The van der Waals surface area contributed by atoms with E-state index in [1.54, 1.807) is 14.2 Å². The van der Waals surface area contributed by atoms with Gasteiger partial charge in [-0.2, -0.15) is 0 Å².